The first kappa shape index (κ1) is 19.2. The molecule has 1 saturated carbocycles. The van der Waals surface area contributed by atoms with Gasteiger partial charge in [-0.1, -0.05) is 13.0 Å². The number of imide groups is 1. The number of carbonyl (C=O) groups is 3. The van der Waals surface area contributed by atoms with Gasteiger partial charge in [0.1, 0.15) is 5.75 Å². The van der Waals surface area contributed by atoms with Crippen molar-refractivity contribution >= 4 is 29.1 Å². The van der Waals surface area contributed by atoms with E-state index in [2.05, 4.69) is 12.2 Å². The number of carbonyl (C=O) groups excluding carboxylic acids is 3. The number of ether oxygens (including phenoxy) is 1. The van der Waals surface area contributed by atoms with Gasteiger partial charge in [-0.3, -0.25) is 19.3 Å². The fourth-order valence-electron chi connectivity index (χ4n) is 4.31. The molecule has 1 aliphatic heterocycles. The molecule has 0 spiro atoms. The first-order valence-corrected chi connectivity index (χ1v) is 9.91. The predicted octanol–water partition coefficient (Wildman–Crippen LogP) is 3.87. The number of rotatable bonds is 4. The summed E-state index contributed by atoms with van der Waals surface area (Å²) in [6, 6.07) is 13.7. The molecule has 0 radical (unpaired) electrons. The lowest BCUT2D eigenvalue weighted by molar-refractivity contribution is -0.122. The monoisotopic (exact) mass is 392 g/mol. The maximum absolute atomic E-state index is 12.8. The van der Waals surface area contributed by atoms with Crippen LogP contribution in [0.1, 0.15) is 36.5 Å². The van der Waals surface area contributed by atoms with E-state index < -0.39 is 0 Å². The van der Waals surface area contributed by atoms with Gasteiger partial charge in [-0.05, 0) is 61.6 Å². The van der Waals surface area contributed by atoms with E-state index in [1.165, 1.54) is 4.90 Å². The largest absolute Gasteiger partial charge is 0.497 e. The third-order valence-corrected chi connectivity index (χ3v) is 5.90. The summed E-state index contributed by atoms with van der Waals surface area (Å²) in [5, 5.41) is 2.82. The molecule has 6 nitrogen and oxygen atoms in total. The SMILES string of the molecule is COc1cccc(NC(=O)c2ccc(N3C(=O)[C@H]4CC[C@H](C)C[C@H]4C3=O)cc2)c1. The lowest BCUT2D eigenvalue weighted by Crippen LogP contribution is -2.30. The van der Waals surface area contributed by atoms with E-state index >= 15 is 0 Å². The second kappa shape index (κ2) is 7.70. The number of hydrogen-bond donors (Lipinski definition) is 1. The summed E-state index contributed by atoms with van der Waals surface area (Å²) >= 11 is 0. The van der Waals surface area contributed by atoms with Crippen molar-refractivity contribution in [2.45, 2.75) is 26.2 Å². The molecule has 3 amide bonds. The molecular weight excluding hydrogens is 368 g/mol. The normalized spacial score (nSPS) is 23.7. The molecule has 4 rings (SSSR count). The Morgan fingerprint density at radius 2 is 1.76 bits per heavy atom. The highest BCUT2D eigenvalue weighted by atomic mass is 16.5. The molecule has 0 unspecified atom stereocenters. The topological polar surface area (TPSA) is 75.7 Å². The first-order valence-electron chi connectivity index (χ1n) is 9.91. The van der Waals surface area contributed by atoms with E-state index in [0.29, 0.717) is 28.6 Å². The number of hydrogen-bond acceptors (Lipinski definition) is 4. The number of nitrogens with one attached hydrogen (secondary N) is 1. The van der Waals surface area contributed by atoms with Gasteiger partial charge in [-0.2, -0.15) is 0 Å². The van der Waals surface area contributed by atoms with Crippen LogP contribution in [-0.2, 0) is 9.59 Å². The number of methoxy groups -OCH3 is 1. The summed E-state index contributed by atoms with van der Waals surface area (Å²) in [7, 11) is 1.57. The van der Waals surface area contributed by atoms with Crippen LogP contribution in [0.5, 0.6) is 5.75 Å². The van der Waals surface area contributed by atoms with Crippen molar-refractivity contribution in [3.8, 4) is 5.75 Å². The summed E-state index contributed by atoms with van der Waals surface area (Å²) in [5.41, 5.74) is 1.60. The number of fused-ring (bicyclic) bond motifs is 1. The van der Waals surface area contributed by atoms with Crippen LogP contribution in [0.3, 0.4) is 0 Å². The van der Waals surface area contributed by atoms with Crippen molar-refractivity contribution in [1.82, 2.24) is 0 Å². The maximum Gasteiger partial charge on any atom is 0.255 e. The van der Waals surface area contributed by atoms with Crippen LogP contribution >= 0.6 is 0 Å². The molecule has 1 heterocycles. The number of benzene rings is 2. The van der Waals surface area contributed by atoms with E-state index in [1.54, 1.807) is 55.6 Å². The molecule has 29 heavy (non-hydrogen) atoms. The Bertz CT molecular complexity index is 954. The number of anilines is 2. The highest BCUT2D eigenvalue weighted by Gasteiger charge is 2.49. The highest BCUT2D eigenvalue weighted by Crippen LogP contribution is 2.42. The molecule has 3 atom stereocenters. The summed E-state index contributed by atoms with van der Waals surface area (Å²) in [4.78, 5) is 39.4. The second-order valence-corrected chi connectivity index (χ2v) is 7.88. The van der Waals surface area contributed by atoms with Crippen LogP contribution in [0.4, 0.5) is 11.4 Å². The molecule has 1 N–H and O–H groups in total. The molecule has 0 aromatic heterocycles. The zero-order valence-electron chi connectivity index (χ0n) is 16.6. The van der Waals surface area contributed by atoms with Crippen molar-refractivity contribution in [2.75, 3.05) is 17.3 Å². The molecule has 150 valence electrons. The van der Waals surface area contributed by atoms with Crippen LogP contribution in [0.25, 0.3) is 0 Å². The van der Waals surface area contributed by atoms with Crippen molar-refractivity contribution in [3.63, 3.8) is 0 Å². The van der Waals surface area contributed by atoms with Gasteiger partial charge in [0.15, 0.2) is 0 Å². The lowest BCUT2D eigenvalue weighted by atomic mass is 9.76. The number of nitrogens with zero attached hydrogens (tertiary/aromatic N) is 1. The van der Waals surface area contributed by atoms with Crippen molar-refractivity contribution in [1.29, 1.82) is 0 Å². The average molecular weight is 392 g/mol. The van der Waals surface area contributed by atoms with E-state index in [0.717, 1.165) is 19.3 Å². The van der Waals surface area contributed by atoms with Crippen LogP contribution in [-0.4, -0.2) is 24.8 Å². The smallest absolute Gasteiger partial charge is 0.255 e. The molecule has 2 aromatic rings. The molecular formula is C23H24N2O4. The standard InChI is InChI=1S/C23H24N2O4/c1-14-6-11-19-20(12-14)23(28)25(22(19)27)17-9-7-15(8-10-17)21(26)24-16-4-3-5-18(13-16)29-2/h3-5,7-10,13-14,19-20H,6,11-12H2,1-2H3,(H,24,26)/t14-,19-,20+/m0/s1. The van der Waals surface area contributed by atoms with Crippen LogP contribution in [0, 0.1) is 17.8 Å². The predicted molar refractivity (Wildman–Crippen MR) is 110 cm³/mol. The zero-order valence-corrected chi connectivity index (χ0v) is 16.6. The minimum atomic E-state index is -0.272. The lowest BCUT2D eigenvalue weighted by Gasteiger charge is -2.25. The fourth-order valence-corrected chi connectivity index (χ4v) is 4.31. The van der Waals surface area contributed by atoms with Gasteiger partial charge in [0.05, 0.1) is 24.6 Å². The number of amides is 3. The van der Waals surface area contributed by atoms with Gasteiger partial charge < -0.3 is 10.1 Å². The second-order valence-electron chi connectivity index (χ2n) is 7.88. The molecule has 0 bridgehead atoms. The third-order valence-electron chi connectivity index (χ3n) is 5.90. The molecule has 2 fully saturated rings. The first-order chi connectivity index (χ1) is 14.0. The van der Waals surface area contributed by atoms with E-state index in [9.17, 15) is 14.4 Å². The van der Waals surface area contributed by atoms with Crippen molar-refractivity contribution < 1.29 is 19.1 Å². The molecule has 6 heteroatoms. The summed E-state index contributed by atoms with van der Waals surface area (Å²) in [6.45, 7) is 2.13. The summed E-state index contributed by atoms with van der Waals surface area (Å²) in [5.74, 6) is 0.222. The molecule has 2 aliphatic rings. The quantitative estimate of drug-likeness (QED) is 0.802. The van der Waals surface area contributed by atoms with Crippen LogP contribution < -0.4 is 15.0 Å². The Morgan fingerprint density at radius 3 is 2.48 bits per heavy atom. The summed E-state index contributed by atoms with van der Waals surface area (Å²) in [6.07, 6.45) is 2.53. The maximum atomic E-state index is 12.8. The zero-order chi connectivity index (χ0) is 20.5. The molecule has 1 aliphatic carbocycles. The third kappa shape index (κ3) is 3.62. The van der Waals surface area contributed by atoms with Crippen LogP contribution in [0.2, 0.25) is 0 Å². The highest BCUT2D eigenvalue weighted by molar-refractivity contribution is 6.22. The van der Waals surface area contributed by atoms with Gasteiger partial charge in [-0.25, -0.2) is 0 Å². The Morgan fingerprint density at radius 1 is 1.03 bits per heavy atom. The summed E-state index contributed by atoms with van der Waals surface area (Å²) < 4.78 is 5.16. The fraction of sp³-hybridized carbons (Fsp3) is 0.348. The minimum absolute atomic E-state index is 0.111. The van der Waals surface area contributed by atoms with Gasteiger partial charge >= 0.3 is 0 Å². The van der Waals surface area contributed by atoms with Crippen molar-refractivity contribution in [3.05, 3.63) is 54.1 Å². The van der Waals surface area contributed by atoms with Gasteiger partial charge in [0.25, 0.3) is 5.91 Å². The van der Waals surface area contributed by atoms with E-state index in [-0.39, 0.29) is 29.6 Å². The Kier molecular flexibility index (Phi) is 5.09. The minimum Gasteiger partial charge on any atom is -0.497 e. The van der Waals surface area contributed by atoms with Gasteiger partial charge in [0, 0.05) is 17.3 Å². The van der Waals surface area contributed by atoms with Gasteiger partial charge in [0.2, 0.25) is 11.8 Å². The van der Waals surface area contributed by atoms with Crippen LogP contribution in [0.15, 0.2) is 48.5 Å². The van der Waals surface area contributed by atoms with Crippen molar-refractivity contribution in [2.24, 2.45) is 17.8 Å². The Labute approximate surface area is 169 Å². The molecule has 2 aromatic carbocycles. The Balaban J connectivity index is 1.49. The van der Waals surface area contributed by atoms with Gasteiger partial charge in [-0.15, -0.1) is 0 Å². The Hall–Kier alpha value is -3.15. The van der Waals surface area contributed by atoms with E-state index in [1.807, 2.05) is 0 Å². The molecule has 1 saturated heterocycles. The van der Waals surface area contributed by atoms with E-state index in [4.69, 9.17) is 4.74 Å². The average Bonchev–Trinajstić information content (AvgIpc) is 2.98.